The van der Waals surface area contributed by atoms with E-state index < -0.39 is 0 Å². The number of nitrogens with one attached hydrogen (secondary N) is 1. The Morgan fingerprint density at radius 1 is 1.30 bits per heavy atom. The molecule has 4 rings (SSSR count). The molecule has 0 amide bonds. The van der Waals surface area contributed by atoms with Crippen LogP contribution >= 0.6 is 23.2 Å². The fraction of sp³-hybridized carbons (Fsp3) is 0.294. The van der Waals surface area contributed by atoms with Crippen molar-refractivity contribution in [3.8, 4) is 0 Å². The van der Waals surface area contributed by atoms with Crippen molar-refractivity contribution in [3.05, 3.63) is 56.3 Å². The van der Waals surface area contributed by atoms with Gasteiger partial charge in [0.25, 0.3) is 0 Å². The van der Waals surface area contributed by atoms with Crippen LogP contribution in [-0.2, 0) is 4.79 Å². The Labute approximate surface area is 143 Å². The molecule has 2 aromatic rings. The highest BCUT2D eigenvalue weighted by molar-refractivity contribution is 6.35. The fourth-order valence-electron chi connectivity index (χ4n) is 3.46. The summed E-state index contributed by atoms with van der Waals surface area (Å²) in [5.74, 6) is 0.498. The Morgan fingerprint density at radius 3 is 2.91 bits per heavy atom. The van der Waals surface area contributed by atoms with E-state index in [1.807, 2.05) is 13.0 Å². The molecule has 2 heterocycles. The van der Waals surface area contributed by atoms with Crippen LogP contribution in [0.3, 0.4) is 0 Å². The van der Waals surface area contributed by atoms with Crippen LogP contribution in [0.5, 0.6) is 0 Å². The van der Waals surface area contributed by atoms with Gasteiger partial charge in [-0.25, -0.2) is 0 Å². The molecule has 1 unspecified atom stereocenters. The number of ketones is 1. The molecule has 0 saturated heterocycles. The first-order valence-electron chi connectivity index (χ1n) is 7.50. The van der Waals surface area contributed by atoms with Crippen LogP contribution in [0.25, 0.3) is 0 Å². The van der Waals surface area contributed by atoms with Gasteiger partial charge in [0.15, 0.2) is 5.78 Å². The van der Waals surface area contributed by atoms with Crippen LogP contribution in [0.4, 0.5) is 5.88 Å². The number of aromatic nitrogens is 1. The number of hydrogen-bond donors (Lipinski definition) is 1. The summed E-state index contributed by atoms with van der Waals surface area (Å²) in [6.07, 6.45) is 2.22. The molecule has 2 aliphatic rings. The standard InChI is InChI=1S/C17H14Cl2N2O2/c1-8-14-15(10-6-5-9(18)7-11(10)19)16-12(3-2-4-13(16)22)20-17(14)23-21-8/h5-7,15,20H,2-4H2,1H3. The average molecular weight is 349 g/mol. The van der Waals surface area contributed by atoms with E-state index in [2.05, 4.69) is 10.5 Å². The number of allylic oxidation sites excluding steroid dienone is 2. The van der Waals surface area contributed by atoms with E-state index >= 15 is 0 Å². The third kappa shape index (κ3) is 2.28. The molecule has 0 radical (unpaired) electrons. The molecule has 1 aliphatic carbocycles. The lowest BCUT2D eigenvalue weighted by Crippen LogP contribution is -2.26. The maximum atomic E-state index is 12.6. The average Bonchev–Trinajstić information content (AvgIpc) is 2.87. The van der Waals surface area contributed by atoms with E-state index in [4.69, 9.17) is 27.7 Å². The molecule has 0 saturated carbocycles. The summed E-state index contributed by atoms with van der Waals surface area (Å²) >= 11 is 12.5. The van der Waals surface area contributed by atoms with E-state index in [-0.39, 0.29) is 11.7 Å². The van der Waals surface area contributed by atoms with Crippen LogP contribution in [0.1, 0.15) is 42.0 Å². The van der Waals surface area contributed by atoms with Gasteiger partial charge in [0, 0.05) is 33.7 Å². The first-order valence-corrected chi connectivity index (χ1v) is 8.26. The van der Waals surface area contributed by atoms with Crippen LogP contribution in [0.2, 0.25) is 10.0 Å². The van der Waals surface area contributed by atoms with Gasteiger partial charge in [0.05, 0.1) is 11.3 Å². The minimum absolute atomic E-state index is 0.154. The second-order valence-electron chi connectivity index (χ2n) is 5.90. The van der Waals surface area contributed by atoms with Crippen molar-refractivity contribution >= 4 is 34.9 Å². The molecule has 1 aromatic heterocycles. The van der Waals surface area contributed by atoms with E-state index in [9.17, 15) is 4.79 Å². The first kappa shape index (κ1) is 14.8. The molecule has 0 spiro atoms. The monoisotopic (exact) mass is 348 g/mol. The zero-order valence-electron chi connectivity index (χ0n) is 12.5. The summed E-state index contributed by atoms with van der Waals surface area (Å²) in [4.78, 5) is 12.6. The van der Waals surface area contributed by atoms with Gasteiger partial charge in [0.1, 0.15) is 0 Å². The molecule has 4 nitrogen and oxygen atoms in total. The molecule has 23 heavy (non-hydrogen) atoms. The number of carbonyl (C=O) groups is 1. The highest BCUT2D eigenvalue weighted by Gasteiger charge is 2.39. The normalized spacial score (nSPS) is 20.1. The predicted molar refractivity (Wildman–Crippen MR) is 89.1 cm³/mol. The molecule has 6 heteroatoms. The number of halogens is 2. The lowest BCUT2D eigenvalue weighted by Gasteiger charge is -2.31. The second-order valence-corrected chi connectivity index (χ2v) is 6.75. The smallest absolute Gasteiger partial charge is 0.233 e. The summed E-state index contributed by atoms with van der Waals surface area (Å²) in [5, 5.41) is 8.41. The number of aryl methyl sites for hydroxylation is 1. The highest BCUT2D eigenvalue weighted by Crippen LogP contribution is 2.48. The van der Waals surface area contributed by atoms with Crippen molar-refractivity contribution in [2.45, 2.75) is 32.1 Å². The Morgan fingerprint density at radius 2 is 2.13 bits per heavy atom. The highest BCUT2D eigenvalue weighted by atomic mass is 35.5. The maximum Gasteiger partial charge on any atom is 0.233 e. The zero-order chi connectivity index (χ0) is 16.1. The van der Waals surface area contributed by atoms with Crippen molar-refractivity contribution in [2.24, 2.45) is 0 Å². The number of nitrogens with zero attached hydrogens (tertiary/aromatic N) is 1. The number of carbonyl (C=O) groups excluding carboxylic acids is 1. The minimum Gasteiger partial charge on any atom is -0.338 e. The van der Waals surface area contributed by atoms with Gasteiger partial charge < -0.3 is 9.84 Å². The Balaban J connectivity index is 1.98. The summed E-state index contributed by atoms with van der Waals surface area (Å²) in [5.41, 5.74) is 4.18. The predicted octanol–water partition coefficient (Wildman–Crippen LogP) is 4.85. The molecule has 1 aromatic carbocycles. The minimum atomic E-state index is -0.259. The number of fused-ring (bicyclic) bond motifs is 1. The number of anilines is 1. The van der Waals surface area contributed by atoms with E-state index in [0.717, 1.165) is 40.9 Å². The molecule has 1 N–H and O–H groups in total. The number of Topliss-reactive ketones (excluding diaryl/α,β-unsaturated/α-hetero) is 1. The quantitative estimate of drug-likeness (QED) is 0.799. The van der Waals surface area contributed by atoms with Crippen molar-refractivity contribution < 1.29 is 9.32 Å². The number of hydrogen-bond acceptors (Lipinski definition) is 4. The van der Waals surface area contributed by atoms with Gasteiger partial charge in [-0.15, -0.1) is 0 Å². The molecule has 118 valence electrons. The van der Waals surface area contributed by atoms with Gasteiger partial charge in [-0.05, 0) is 37.5 Å². The van der Waals surface area contributed by atoms with Crippen molar-refractivity contribution in [1.82, 2.24) is 5.16 Å². The zero-order valence-corrected chi connectivity index (χ0v) is 14.0. The lowest BCUT2D eigenvalue weighted by atomic mass is 9.76. The molecular weight excluding hydrogens is 335 g/mol. The molecule has 0 fully saturated rings. The summed E-state index contributed by atoms with van der Waals surface area (Å²) in [6.45, 7) is 1.87. The van der Waals surface area contributed by atoms with Gasteiger partial charge in [-0.3, -0.25) is 4.79 Å². The topological polar surface area (TPSA) is 55.1 Å². The van der Waals surface area contributed by atoms with Crippen LogP contribution < -0.4 is 5.32 Å². The summed E-state index contributed by atoms with van der Waals surface area (Å²) in [7, 11) is 0. The van der Waals surface area contributed by atoms with Crippen LogP contribution in [-0.4, -0.2) is 10.9 Å². The van der Waals surface area contributed by atoms with Gasteiger partial charge in [0.2, 0.25) is 5.88 Å². The SMILES string of the molecule is Cc1noc2c1C(c1ccc(Cl)cc1Cl)C1=C(CCCC1=O)N2. The van der Waals surface area contributed by atoms with Gasteiger partial charge >= 0.3 is 0 Å². The Hall–Kier alpha value is -1.78. The second kappa shape index (κ2) is 5.39. The van der Waals surface area contributed by atoms with Crippen molar-refractivity contribution in [1.29, 1.82) is 0 Å². The third-order valence-electron chi connectivity index (χ3n) is 4.48. The molecule has 0 bridgehead atoms. The molecule has 1 aliphatic heterocycles. The fourth-order valence-corrected chi connectivity index (χ4v) is 3.98. The summed E-state index contributed by atoms with van der Waals surface area (Å²) < 4.78 is 5.41. The van der Waals surface area contributed by atoms with Crippen LogP contribution in [0.15, 0.2) is 34.0 Å². The van der Waals surface area contributed by atoms with E-state index in [1.54, 1.807) is 12.1 Å². The van der Waals surface area contributed by atoms with Gasteiger partial charge in [-0.1, -0.05) is 34.4 Å². The van der Waals surface area contributed by atoms with E-state index in [1.165, 1.54) is 0 Å². The van der Waals surface area contributed by atoms with Crippen molar-refractivity contribution in [3.63, 3.8) is 0 Å². The largest absolute Gasteiger partial charge is 0.338 e. The lowest BCUT2D eigenvalue weighted by molar-refractivity contribution is -0.116. The van der Waals surface area contributed by atoms with E-state index in [0.29, 0.717) is 22.4 Å². The number of rotatable bonds is 1. The van der Waals surface area contributed by atoms with Crippen LogP contribution in [0, 0.1) is 6.92 Å². The number of benzene rings is 1. The molecular formula is C17H14Cl2N2O2. The van der Waals surface area contributed by atoms with Gasteiger partial charge in [-0.2, -0.15) is 0 Å². The maximum absolute atomic E-state index is 12.6. The Bertz CT molecular complexity index is 854. The Kier molecular flexibility index (Phi) is 3.47. The third-order valence-corrected chi connectivity index (χ3v) is 5.04. The van der Waals surface area contributed by atoms with Crippen molar-refractivity contribution in [2.75, 3.05) is 5.32 Å². The summed E-state index contributed by atoms with van der Waals surface area (Å²) in [6, 6.07) is 5.38. The molecule has 1 atom stereocenters. The first-order chi connectivity index (χ1) is 11.1.